The SMILES string of the molecule is COC1=CC(I)N(N)C=C1. The first kappa shape index (κ1) is 7.87. The topological polar surface area (TPSA) is 38.5 Å². The third-order valence-corrected chi connectivity index (χ3v) is 2.24. The van der Waals surface area contributed by atoms with Crippen LogP contribution in [0.25, 0.3) is 0 Å². The average Bonchev–Trinajstić information content (AvgIpc) is 1.95. The van der Waals surface area contributed by atoms with Crippen LogP contribution in [0.5, 0.6) is 0 Å². The van der Waals surface area contributed by atoms with Crippen molar-refractivity contribution in [1.29, 1.82) is 0 Å². The molecule has 56 valence electrons. The van der Waals surface area contributed by atoms with E-state index in [0.29, 0.717) is 0 Å². The van der Waals surface area contributed by atoms with E-state index in [-0.39, 0.29) is 4.05 Å². The fourth-order valence-electron chi connectivity index (χ4n) is 0.655. The van der Waals surface area contributed by atoms with Crippen molar-refractivity contribution in [2.75, 3.05) is 7.11 Å². The van der Waals surface area contributed by atoms with Gasteiger partial charge in [0.25, 0.3) is 0 Å². The van der Waals surface area contributed by atoms with E-state index in [1.165, 1.54) is 0 Å². The summed E-state index contributed by atoms with van der Waals surface area (Å²) < 4.78 is 5.19. The van der Waals surface area contributed by atoms with E-state index in [2.05, 4.69) is 22.6 Å². The van der Waals surface area contributed by atoms with Gasteiger partial charge in [-0.25, -0.2) is 5.84 Å². The van der Waals surface area contributed by atoms with Crippen molar-refractivity contribution in [1.82, 2.24) is 5.01 Å². The molecule has 1 heterocycles. The summed E-state index contributed by atoms with van der Waals surface area (Å²) in [6, 6.07) is 0. The Kier molecular flexibility index (Phi) is 2.56. The molecule has 1 aliphatic rings. The van der Waals surface area contributed by atoms with Gasteiger partial charge in [0.2, 0.25) is 0 Å². The summed E-state index contributed by atoms with van der Waals surface area (Å²) >= 11 is 2.21. The molecule has 1 unspecified atom stereocenters. The lowest BCUT2D eigenvalue weighted by molar-refractivity contribution is 0.291. The van der Waals surface area contributed by atoms with Gasteiger partial charge in [0.15, 0.2) is 0 Å². The number of methoxy groups -OCH3 is 1. The zero-order valence-corrected chi connectivity index (χ0v) is 7.78. The number of alkyl halides is 1. The number of hydrogen-bond acceptors (Lipinski definition) is 3. The zero-order valence-electron chi connectivity index (χ0n) is 5.62. The molecule has 0 aromatic rings. The monoisotopic (exact) mass is 252 g/mol. The van der Waals surface area contributed by atoms with E-state index in [1.807, 2.05) is 12.2 Å². The third kappa shape index (κ3) is 1.63. The van der Waals surface area contributed by atoms with Crippen LogP contribution < -0.4 is 5.84 Å². The molecule has 1 atom stereocenters. The quantitative estimate of drug-likeness (QED) is 0.327. The molecule has 0 saturated heterocycles. The average molecular weight is 252 g/mol. The molecule has 2 N–H and O–H groups in total. The summed E-state index contributed by atoms with van der Waals surface area (Å²) in [6.07, 6.45) is 5.56. The summed E-state index contributed by atoms with van der Waals surface area (Å²) in [7, 11) is 1.64. The molecule has 0 bridgehead atoms. The number of hydrogen-bond donors (Lipinski definition) is 1. The van der Waals surface area contributed by atoms with Crippen LogP contribution in [0, 0.1) is 0 Å². The maximum absolute atomic E-state index is 5.53. The van der Waals surface area contributed by atoms with Gasteiger partial charge in [-0.05, 0) is 12.2 Å². The van der Waals surface area contributed by atoms with Gasteiger partial charge in [-0.3, -0.25) is 0 Å². The highest BCUT2D eigenvalue weighted by Crippen LogP contribution is 2.15. The Hall–Kier alpha value is -0.230. The van der Waals surface area contributed by atoms with E-state index >= 15 is 0 Å². The van der Waals surface area contributed by atoms with E-state index in [4.69, 9.17) is 10.6 Å². The minimum Gasteiger partial charge on any atom is -0.497 e. The molecule has 1 rings (SSSR count). The van der Waals surface area contributed by atoms with Crippen molar-refractivity contribution >= 4 is 22.6 Å². The molecule has 1 aliphatic heterocycles. The fourth-order valence-corrected chi connectivity index (χ4v) is 1.20. The van der Waals surface area contributed by atoms with Crippen molar-refractivity contribution < 1.29 is 4.74 Å². The Balaban J connectivity index is 2.66. The third-order valence-electron chi connectivity index (χ3n) is 1.23. The lowest BCUT2D eigenvalue weighted by Gasteiger charge is -2.21. The summed E-state index contributed by atoms with van der Waals surface area (Å²) in [6.45, 7) is 0. The molecule has 0 aromatic carbocycles. The first-order valence-corrected chi connectivity index (χ1v) is 4.09. The highest BCUT2D eigenvalue weighted by atomic mass is 127. The number of nitrogens with zero attached hydrogens (tertiary/aromatic N) is 1. The van der Waals surface area contributed by atoms with Crippen LogP contribution in [-0.2, 0) is 4.74 Å². The Morgan fingerprint density at radius 2 is 2.50 bits per heavy atom. The summed E-state index contributed by atoms with van der Waals surface area (Å²) in [4.78, 5) is 0. The van der Waals surface area contributed by atoms with Gasteiger partial charge in [-0.1, -0.05) is 22.6 Å². The Bertz CT molecular complexity index is 179. The molecule has 0 aliphatic carbocycles. The number of ether oxygens (including phenoxy) is 1. The minimum atomic E-state index is 0.192. The molecule has 4 heteroatoms. The molecule has 0 fully saturated rings. The van der Waals surface area contributed by atoms with Crippen LogP contribution in [0.15, 0.2) is 24.1 Å². The summed E-state index contributed by atoms with van der Waals surface area (Å²) in [5.41, 5.74) is 0. The molecule has 0 amide bonds. The van der Waals surface area contributed by atoms with Crippen LogP contribution in [0.3, 0.4) is 0 Å². The molecule has 0 spiro atoms. The van der Waals surface area contributed by atoms with Crippen LogP contribution in [-0.4, -0.2) is 16.2 Å². The predicted molar refractivity (Wildman–Crippen MR) is 48.1 cm³/mol. The standard InChI is InChI=1S/C6H9IN2O/c1-10-5-2-3-9(8)6(7)4-5/h2-4,6H,8H2,1H3. The van der Waals surface area contributed by atoms with Gasteiger partial charge >= 0.3 is 0 Å². The van der Waals surface area contributed by atoms with E-state index < -0.39 is 0 Å². The van der Waals surface area contributed by atoms with Gasteiger partial charge in [0.05, 0.1) is 7.11 Å². The van der Waals surface area contributed by atoms with Gasteiger partial charge in [0, 0.05) is 6.20 Å². The van der Waals surface area contributed by atoms with Gasteiger partial charge in [-0.15, -0.1) is 0 Å². The van der Waals surface area contributed by atoms with Crippen molar-refractivity contribution in [2.45, 2.75) is 4.05 Å². The zero-order chi connectivity index (χ0) is 7.56. The second-order valence-electron chi connectivity index (χ2n) is 1.91. The second-order valence-corrected chi connectivity index (χ2v) is 3.18. The van der Waals surface area contributed by atoms with E-state index in [0.717, 1.165) is 5.76 Å². The van der Waals surface area contributed by atoms with E-state index in [1.54, 1.807) is 18.3 Å². The van der Waals surface area contributed by atoms with Crippen molar-refractivity contribution in [3.05, 3.63) is 24.1 Å². The van der Waals surface area contributed by atoms with Gasteiger partial charge in [-0.2, -0.15) is 0 Å². The lowest BCUT2D eigenvalue weighted by Crippen LogP contribution is -2.32. The van der Waals surface area contributed by atoms with Crippen LogP contribution in [0.1, 0.15) is 0 Å². The maximum atomic E-state index is 5.53. The second kappa shape index (κ2) is 3.25. The molecule has 0 saturated carbocycles. The lowest BCUT2D eigenvalue weighted by atomic mass is 10.3. The number of allylic oxidation sites excluding steroid dienone is 1. The van der Waals surface area contributed by atoms with Crippen molar-refractivity contribution in [2.24, 2.45) is 5.84 Å². The maximum Gasteiger partial charge on any atom is 0.119 e. The molecular weight excluding hydrogens is 243 g/mol. The molecule has 0 radical (unpaired) electrons. The Morgan fingerprint density at radius 1 is 1.80 bits per heavy atom. The van der Waals surface area contributed by atoms with E-state index in [9.17, 15) is 0 Å². The van der Waals surface area contributed by atoms with Crippen LogP contribution in [0.4, 0.5) is 0 Å². The van der Waals surface area contributed by atoms with Crippen LogP contribution in [0.2, 0.25) is 0 Å². The highest BCUT2D eigenvalue weighted by Gasteiger charge is 2.09. The Morgan fingerprint density at radius 3 is 3.00 bits per heavy atom. The largest absolute Gasteiger partial charge is 0.497 e. The normalized spacial score (nSPS) is 24.5. The number of hydrazine groups is 1. The molecule has 0 aromatic heterocycles. The van der Waals surface area contributed by atoms with Crippen LogP contribution >= 0.6 is 22.6 Å². The van der Waals surface area contributed by atoms with Gasteiger partial charge < -0.3 is 9.75 Å². The van der Waals surface area contributed by atoms with Crippen molar-refractivity contribution in [3.63, 3.8) is 0 Å². The predicted octanol–water partition coefficient (Wildman–Crippen LogP) is 0.981. The first-order valence-electron chi connectivity index (χ1n) is 2.85. The summed E-state index contributed by atoms with van der Waals surface area (Å²) in [5, 5.41) is 1.61. The molecule has 10 heavy (non-hydrogen) atoms. The van der Waals surface area contributed by atoms with Gasteiger partial charge in [0.1, 0.15) is 9.81 Å². The first-order chi connectivity index (χ1) is 4.74. The minimum absolute atomic E-state index is 0.192. The highest BCUT2D eigenvalue weighted by molar-refractivity contribution is 14.1. The summed E-state index contributed by atoms with van der Waals surface area (Å²) in [5.74, 6) is 6.40. The number of halogens is 1. The fraction of sp³-hybridized carbons (Fsp3) is 0.333. The molecular formula is C6H9IN2O. The van der Waals surface area contributed by atoms with Crippen molar-refractivity contribution in [3.8, 4) is 0 Å². The Labute approximate surface area is 73.6 Å². The molecule has 3 nitrogen and oxygen atoms in total. The smallest absolute Gasteiger partial charge is 0.119 e. The number of rotatable bonds is 1. The number of nitrogens with two attached hydrogens (primary N) is 1.